The maximum absolute atomic E-state index is 9.15. The van der Waals surface area contributed by atoms with Crippen molar-refractivity contribution in [3.05, 3.63) is 58.1 Å². The van der Waals surface area contributed by atoms with Crippen molar-refractivity contribution in [2.45, 2.75) is 13.5 Å². The van der Waals surface area contributed by atoms with Gasteiger partial charge in [0.2, 0.25) is 0 Å². The van der Waals surface area contributed by atoms with Gasteiger partial charge in [0.1, 0.15) is 0 Å². The second kappa shape index (κ2) is 5.55. The molecule has 1 N–H and O–H groups in total. The van der Waals surface area contributed by atoms with Crippen LogP contribution in [0, 0.1) is 6.92 Å². The van der Waals surface area contributed by atoms with Gasteiger partial charge in [0.15, 0.2) is 0 Å². The van der Waals surface area contributed by atoms with Crippen LogP contribution in [0.4, 0.5) is 11.4 Å². The zero-order valence-corrected chi connectivity index (χ0v) is 12.1. The minimum absolute atomic E-state index is 0.0507. The first kappa shape index (κ1) is 13.1. The monoisotopic (exact) mass is 305 g/mol. The second-order valence-corrected chi connectivity index (χ2v) is 5.18. The first-order valence-corrected chi connectivity index (χ1v) is 6.61. The number of halogens is 1. The van der Waals surface area contributed by atoms with Crippen LogP contribution >= 0.6 is 15.9 Å². The Kier molecular flexibility index (Phi) is 4.04. The lowest BCUT2D eigenvalue weighted by Crippen LogP contribution is -2.09. The Hall–Kier alpha value is -1.32. The molecule has 0 fully saturated rings. The molecule has 2 rings (SSSR count). The van der Waals surface area contributed by atoms with Crippen LogP contribution in [0.15, 0.2) is 46.9 Å². The van der Waals surface area contributed by atoms with Gasteiger partial charge in [-0.05, 0) is 36.8 Å². The minimum Gasteiger partial charge on any atom is -0.392 e. The summed E-state index contributed by atoms with van der Waals surface area (Å²) in [4.78, 5) is 2.12. The molecular formula is C15H16BrNO. The first-order valence-electron chi connectivity index (χ1n) is 5.81. The van der Waals surface area contributed by atoms with Crippen LogP contribution in [0.2, 0.25) is 0 Å². The quantitative estimate of drug-likeness (QED) is 0.926. The van der Waals surface area contributed by atoms with Gasteiger partial charge in [0, 0.05) is 22.9 Å². The minimum atomic E-state index is 0.0507. The summed E-state index contributed by atoms with van der Waals surface area (Å²) in [6.45, 7) is 2.13. The van der Waals surface area contributed by atoms with Crippen LogP contribution in [-0.4, -0.2) is 12.2 Å². The third-order valence-corrected chi connectivity index (χ3v) is 3.75. The number of aryl methyl sites for hydroxylation is 1. The van der Waals surface area contributed by atoms with Crippen molar-refractivity contribution in [3.8, 4) is 0 Å². The molecule has 0 amide bonds. The topological polar surface area (TPSA) is 23.5 Å². The fourth-order valence-electron chi connectivity index (χ4n) is 1.79. The van der Waals surface area contributed by atoms with Crippen molar-refractivity contribution >= 4 is 27.3 Å². The number of hydrogen-bond donors (Lipinski definition) is 1. The number of hydrogen-bond acceptors (Lipinski definition) is 2. The lowest BCUT2D eigenvalue weighted by atomic mass is 10.1. The standard InChI is InChI=1S/C15H16BrNO/c1-11-3-6-13(7-4-11)17(2)14-8-5-12(10-18)15(16)9-14/h3-9,18H,10H2,1-2H3. The maximum Gasteiger partial charge on any atom is 0.0692 e. The molecule has 0 radical (unpaired) electrons. The molecule has 0 saturated carbocycles. The molecule has 0 unspecified atom stereocenters. The summed E-state index contributed by atoms with van der Waals surface area (Å²) >= 11 is 3.47. The summed E-state index contributed by atoms with van der Waals surface area (Å²) in [7, 11) is 2.03. The smallest absolute Gasteiger partial charge is 0.0692 e. The summed E-state index contributed by atoms with van der Waals surface area (Å²) in [5, 5.41) is 9.15. The van der Waals surface area contributed by atoms with E-state index < -0.39 is 0 Å². The Morgan fingerprint density at radius 2 is 1.67 bits per heavy atom. The van der Waals surface area contributed by atoms with E-state index in [1.54, 1.807) is 0 Å². The van der Waals surface area contributed by atoms with Crippen molar-refractivity contribution in [3.63, 3.8) is 0 Å². The number of anilines is 2. The molecule has 0 bridgehead atoms. The average molecular weight is 306 g/mol. The van der Waals surface area contributed by atoms with Crippen LogP contribution in [0.25, 0.3) is 0 Å². The van der Waals surface area contributed by atoms with Crippen molar-refractivity contribution in [2.75, 3.05) is 11.9 Å². The predicted octanol–water partition coefficient (Wildman–Crippen LogP) is 4.02. The van der Waals surface area contributed by atoms with Gasteiger partial charge in [-0.1, -0.05) is 39.7 Å². The molecule has 2 nitrogen and oxygen atoms in total. The Morgan fingerprint density at radius 3 is 2.22 bits per heavy atom. The van der Waals surface area contributed by atoms with Crippen LogP contribution in [0.3, 0.4) is 0 Å². The van der Waals surface area contributed by atoms with Gasteiger partial charge in [0.05, 0.1) is 6.61 Å². The van der Waals surface area contributed by atoms with Gasteiger partial charge in [-0.25, -0.2) is 0 Å². The van der Waals surface area contributed by atoms with Gasteiger partial charge in [-0.2, -0.15) is 0 Å². The van der Waals surface area contributed by atoms with Crippen molar-refractivity contribution < 1.29 is 5.11 Å². The molecule has 0 atom stereocenters. The Bertz CT molecular complexity index is 537. The molecule has 0 aromatic heterocycles. The van der Waals surface area contributed by atoms with Crippen LogP contribution < -0.4 is 4.90 Å². The van der Waals surface area contributed by atoms with Crippen LogP contribution in [-0.2, 0) is 6.61 Å². The first-order chi connectivity index (χ1) is 8.61. The highest BCUT2D eigenvalue weighted by atomic mass is 79.9. The highest BCUT2D eigenvalue weighted by molar-refractivity contribution is 9.10. The number of aliphatic hydroxyl groups excluding tert-OH is 1. The Balaban J connectivity index is 2.31. The number of nitrogens with zero attached hydrogens (tertiary/aromatic N) is 1. The largest absolute Gasteiger partial charge is 0.392 e. The van der Waals surface area contributed by atoms with Gasteiger partial charge in [0.25, 0.3) is 0 Å². The molecule has 0 aliphatic heterocycles. The Labute approximate surface area is 116 Å². The van der Waals surface area contributed by atoms with Crippen molar-refractivity contribution in [2.24, 2.45) is 0 Å². The fourth-order valence-corrected chi connectivity index (χ4v) is 2.28. The fraction of sp³-hybridized carbons (Fsp3) is 0.200. The van der Waals surface area contributed by atoms with Gasteiger partial charge >= 0.3 is 0 Å². The van der Waals surface area contributed by atoms with E-state index in [-0.39, 0.29) is 6.61 Å². The summed E-state index contributed by atoms with van der Waals surface area (Å²) in [6, 6.07) is 14.4. The zero-order chi connectivity index (χ0) is 13.1. The molecular weight excluding hydrogens is 290 g/mol. The number of rotatable bonds is 3. The van der Waals surface area contributed by atoms with E-state index in [2.05, 4.69) is 52.0 Å². The third-order valence-electron chi connectivity index (χ3n) is 3.02. The molecule has 94 valence electrons. The van der Waals surface area contributed by atoms with E-state index in [9.17, 15) is 0 Å². The van der Waals surface area contributed by atoms with E-state index in [0.717, 1.165) is 21.4 Å². The molecule has 18 heavy (non-hydrogen) atoms. The van der Waals surface area contributed by atoms with Crippen molar-refractivity contribution in [1.82, 2.24) is 0 Å². The molecule has 0 saturated heterocycles. The third kappa shape index (κ3) is 2.74. The van der Waals surface area contributed by atoms with E-state index in [1.165, 1.54) is 5.56 Å². The molecule has 0 aliphatic carbocycles. The zero-order valence-electron chi connectivity index (χ0n) is 10.5. The normalized spacial score (nSPS) is 10.4. The van der Waals surface area contributed by atoms with Crippen LogP contribution in [0.1, 0.15) is 11.1 Å². The molecule has 2 aromatic rings. The summed E-state index contributed by atoms with van der Waals surface area (Å²) in [5.41, 5.74) is 4.38. The molecule has 0 spiro atoms. The van der Waals surface area contributed by atoms with Crippen LogP contribution in [0.5, 0.6) is 0 Å². The number of benzene rings is 2. The van der Waals surface area contributed by atoms with E-state index in [0.29, 0.717) is 0 Å². The van der Waals surface area contributed by atoms with E-state index >= 15 is 0 Å². The van der Waals surface area contributed by atoms with E-state index in [1.807, 2.05) is 25.2 Å². The summed E-state index contributed by atoms with van der Waals surface area (Å²) in [5.74, 6) is 0. The highest BCUT2D eigenvalue weighted by Crippen LogP contribution is 2.28. The lowest BCUT2D eigenvalue weighted by Gasteiger charge is -2.20. The van der Waals surface area contributed by atoms with Gasteiger partial charge in [-0.3, -0.25) is 0 Å². The van der Waals surface area contributed by atoms with Crippen molar-refractivity contribution in [1.29, 1.82) is 0 Å². The highest BCUT2D eigenvalue weighted by Gasteiger charge is 2.06. The molecule has 0 aliphatic rings. The lowest BCUT2D eigenvalue weighted by molar-refractivity contribution is 0.281. The average Bonchev–Trinajstić information content (AvgIpc) is 2.38. The second-order valence-electron chi connectivity index (χ2n) is 4.33. The van der Waals surface area contributed by atoms with Gasteiger partial charge in [-0.15, -0.1) is 0 Å². The molecule has 0 heterocycles. The summed E-state index contributed by atoms with van der Waals surface area (Å²) in [6.07, 6.45) is 0. The van der Waals surface area contributed by atoms with Gasteiger partial charge < -0.3 is 10.0 Å². The number of aliphatic hydroxyl groups is 1. The Morgan fingerprint density at radius 1 is 1.06 bits per heavy atom. The molecule has 3 heteroatoms. The maximum atomic E-state index is 9.15. The molecule has 2 aromatic carbocycles. The SMILES string of the molecule is Cc1ccc(N(C)c2ccc(CO)c(Br)c2)cc1. The van der Waals surface area contributed by atoms with E-state index in [4.69, 9.17) is 5.11 Å². The predicted molar refractivity (Wildman–Crippen MR) is 79.3 cm³/mol. The summed E-state index contributed by atoms with van der Waals surface area (Å²) < 4.78 is 0.932.